The third-order valence-corrected chi connectivity index (χ3v) is 2.89. The Morgan fingerprint density at radius 3 is 3.00 bits per heavy atom. The van der Waals surface area contributed by atoms with Crippen LogP contribution in [-0.2, 0) is 6.54 Å². The highest BCUT2D eigenvalue weighted by Gasteiger charge is 2.09. The van der Waals surface area contributed by atoms with E-state index in [1.165, 1.54) is 18.5 Å². The Morgan fingerprint density at radius 1 is 1.32 bits per heavy atom. The lowest BCUT2D eigenvalue weighted by Gasteiger charge is -2.04. The van der Waals surface area contributed by atoms with Gasteiger partial charge in [-0.15, -0.1) is 0 Å². The third kappa shape index (κ3) is 2.12. The van der Waals surface area contributed by atoms with Crippen LogP contribution in [0.2, 0.25) is 0 Å². The predicted octanol–water partition coefficient (Wildman–Crippen LogP) is 2.06. The fourth-order valence-electron chi connectivity index (χ4n) is 2.02. The fraction of sp³-hybridized carbons (Fsp3) is 0.154. The Balaban J connectivity index is 2.02. The van der Waals surface area contributed by atoms with E-state index in [1.807, 2.05) is 6.07 Å². The summed E-state index contributed by atoms with van der Waals surface area (Å²) in [7, 11) is 1.80. The summed E-state index contributed by atoms with van der Waals surface area (Å²) in [4.78, 5) is 8.35. The van der Waals surface area contributed by atoms with Crippen molar-refractivity contribution in [3.63, 3.8) is 0 Å². The normalized spacial score (nSPS) is 10.8. The van der Waals surface area contributed by atoms with Crippen molar-refractivity contribution in [1.29, 1.82) is 0 Å². The van der Waals surface area contributed by atoms with Gasteiger partial charge in [0, 0.05) is 7.05 Å². The molecule has 0 aliphatic heterocycles. The van der Waals surface area contributed by atoms with Crippen LogP contribution in [0.25, 0.3) is 11.0 Å². The maximum atomic E-state index is 13.2. The summed E-state index contributed by atoms with van der Waals surface area (Å²) in [6.45, 7) is 0.474. The van der Waals surface area contributed by atoms with Gasteiger partial charge < -0.3 is 5.32 Å². The monoisotopic (exact) mass is 257 g/mol. The largest absolute Gasteiger partial charge is 0.372 e. The number of nitrogens with one attached hydrogen (secondary N) is 1. The minimum absolute atomic E-state index is 0.250. The molecule has 96 valence electrons. The van der Waals surface area contributed by atoms with E-state index in [9.17, 15) is 4.39 Å². The highest BCUT2D eigenvalue weighted by atomic mass is 19.1. The van der Waals surface area contributed by atoms with Gasteiger partial charge in [0.1, 0.15) is 18.0 Å². The fourth-order valence-corrected chi connectivity index (χ4v) is 2.02. The Bertz CT molecular complexity index is 722. The Morgan fingerprint density at radius 2 is 2.21 bits per heavy atom. The minimum Gasteiger partial charge on any atom is -0.372 e. The van der Waals surface area contributed by atoms with E-state index in [1.54, 1.807) is 24.0 Å². The molecule has 0 aliphatic rings. The molecule has 3 aromatic rings. The molecule has 1 N–H and O–H groups in total. The second kappa shape index (κ2) is 4.64. The molecule has 0 spiro atoms. The van der Waals surface area contributed by atoms with Crippen molar-refractivity contribution in [2.75, 3.05) is 12.4 Å². The Kier molecular flexibility index (Phi) is 2.83. The molecule has 0 unspecified atom stereocenters. The Hall–Kier alpha value is -2.50. The van der Waals surface area contributed by atoms with Crippen LogP contribution < -0.4 is 5.32 Å². The van der Waals surface area contributed by atoms with Gasteiger partial charge in [-0.2, -0.15) is 5.10 Å². The van der Waals surface area contributed by atoms with Crippen molar-refractivity contribution in [3.05, 3.63) is 48.2 Å². The summed E-state index contributed by atoms with van der Waals surface area (Å²) in [5.41, 5.74) is 1.57. The second-order valence-electron chi connectivity index (χ2n) is 4.14. The van der Waals surface area contributed by atoms with Crippen molar-refractivity contribution in [2.24, 2.45) is 0 Å². The molecule has 5 nitrogen and oxygen atoms in total. The van der Waals surface area contributed by atoms with Gasteiger partial charge in [-0.25, -0.2) is 19.0 Å². The van der Waals surface area contributed by atoms with Crippen LogP contribution in [0.4, 0.5) is 10.2 Å². The van der Waals surface area contributed by atoms with Crippen molar-refractivity contribution in [1.82, 2.24) is 19.7 Å². The highest BCUT2D eigenvalue weighted by Crippen LogP contribution is 2.18. The molecule has 0 atom stereocenters. The van der Waals surface area contributed by atoms with Crippen LogP contribution in [-0.4, -0.2) is 26.8 Å². The Labute approximate surface area is 109 Å². The maximum absolute atomic E-state index is 13.2. The van der Waals surface area contributed by atoms with Gasteiger partial charge in [0.05, 0.1) is 18.1 Å². The van der Waals surface area contributed by atoms with Crippen LogP contribution in [0, 0.1) is 5.82 Å². The van der Waals surface area contributed by atoms with Crippen LogP contribution in [0.1, 0.15) is 5.56 Å². The molecule has 0 aliphatic carbocycles. The van der Waals surface area contributed by atoms with Gasteiger partial charge in [-0.05, 0) is 17.7 Å². The van der Waals surface area contributed by atoms with Gasteiger partial charge in [0.25, 0.3) is 0 Å². The summed E-state index contributed by atoms with van der Waals surface area (Å²) >= 11 is 0. The van der Waals surface area contributed by atoms with Crippen molar-refractivity contribution < 1.29 is 4.39 Å². The number of hydrogen-bond acceptors (Lipinski definition) is 4. The first-order chi connectivity index (χ1) is 9.28. The van der Waals surface area contributed by atoms with Crippen LogP contribution in [0.3, 0.4) is 0 Å². The average molecular weight is 257 g/mol. The second-order valence-corrected chi connectivity index (χ2v) is 4.14. The van der Waals surface area contributed by atoms with E-state index in [4.69, 9.17) is 0 Å². The number of aromatic nitrogens is 4. The lowest BCUT2D eigenvalue weighted by Crippen LogP contribution is -2.03. The molecular weight excluding hydrogens is 245 g/mol. The molecule has 0 saturated heterocycles. The molecule has 6 heteroatoms. The summed E-state index contributed by atoms with van der Waals surface area (Å²) in [5, 5.41) is 8.12. The summed E-state index contributed by atoms with van der Waals surface area (Å²) in [6.07, 6.45) is 3.19. The van der Waals surface area contributed by atoms with Crippen LogP contribution >= 0.6 is 0 Å². The predicted molar refractivity (Wildman–Crippen MR) is 70.4 cm³/mol. The number of rotatable bonds is 3. The van der Waals surface area contributed by atoms with E-state index >= 15 is 0 Å². The summed E-state index contributed by atoms with van der Waals surface area (Å²) in [6, 6.07) is 6.46. The molecule has 19 heavy (non-hydrogen) atoms. The molecule has 0 bridgehead atoms. The minimum atomic E-state index is -0.250. The van der Waals surface area contributed by atoms with Gasteiger partial charge in [0.2, 0.25) is 0 Å². The number of fused-ring (bicyclic) bond motifs is 1. The highest BCUT2D eigenvalue weighted by molar-refractivity contribution is 5.85. The standard InChI is InChI=1S/C13H12FN5/c1-15-12-11-6-18-19(13(11)17-8-16-12)7-9-3-2-4-10(14)5-9/h2-6,8H,7H2,1H3,(H,15,16,17). The molecule has 0 amide bonds. The zero-order chi connectivity index (χ0) is 13.2. The van der Waals surface area contributed by atoms with Crippen molar-refractivity contribution in [2.45, 2.75) is 6.54 Å². The maximum Gasteiger partial charge on any atom is 0.163 e. The number of hydrogen-bond donors (Lipinski definition) is 1. The third-order valence-electron chi connectivity index (χ3n) is 2.89. The molecule has 0 radical (unpaired) electrons. The lowest BCUT2D eigenvalue weighted by atomic mass is 10.2. The molecule has 2 heterocycles. The van der Waals surface area contributed by atoms with Gasteiger partial charge >= 0.3 is 0 Å². The zero-order valence-electron chi connectivity index (χ0n) is 10.3. The molecule has 0 saturated carbocycles. The van der Waals surface area contributed by atoms with E-state index < -0.39 is 0 Å². The van der Waals surface area contributed by atoms with E-state index in [-0.39, 0.29) is 5.82 Å². The van der Waals surface area contributed by atoms with Crippen molar-refractivity contribution in [3.8, 4) is 0 Å². The quantitative estimate of drug-likeness (QED) is 0.780. The van der Waals surface area contributed by atoms with Crippen LogP contribution in [0.15, 0.2) is 36.8 Å². The van der Waals surface area contributed by atoms with E-state index in [0.717, 1.165) is 22.4 Å². The first-order valence-corrected chi connectivity index (χ1v) is 5.86. The number of halogens is 1. The van der Waals surface area contributed by atoms with Gasteiger partial charge in [-0.3, -0.25) is 0 Å². The number of benzene rings is 1. The average Bonchev–Trinajstić information content (AvgIpc) is 2.82. The smallest absolute Gasteiger partial charge is 0.163 e. The molecule has 0 fully saturated rings. The topological polar surface area (TPSA) is 55.6 Å². The zero-order valence-corrected chi connectivity index (χ0v) is 10.3. The first-order valence-electron chi connectivity index (χ1n) is 5.86. The molecule has 3 rings (SSSR count). The first kappa shape index (κ1) is 11.6. The van der Waals surface area contributed by atoms with Crippen molar-refractivity contribution >= 4 is 16.9 Å². The molecule has 1 aromatic carbocycles. The summed E-state index contributed by atoms with van der Waals surface area (Å²) in [5.74, 6) is 0.481. The van der Waals surface area contributed by atoms with E-state index in [2.05, 4.69) is 20.4 Å². The number of nitrogens with zero attached hydrogens (tertiary/aromatic N) is 4. The number of anilines is 1. The van der Waals surface area contributed by atoms with Gasteiger partial charge in [-0.1, -0.05) is 12.1 Å². The van der Waals surface area contributed by atoms with Gasteiger partial charge in [0.15, 0.2) is 5.65 Å². The SMILES string of the molecule is CNc1ncnc2c1cnn2Cc1cccc(F)c1. The summed E-state index contributed by atoms with van der Waals surface area (Å²) < 4.78 is 14.9. The van der Waals surface area contributed by atoms with E-state index in [0.29, 0.717) is 6.54 Å². The van der Waals surface area contributed by atoms with Crippen LogP contribution in [0.5, 0.6) is 0 Å². The molecule has 2 aromatic heterocycles. The lowest BCUT2D eigenvalue weighted by molar-refractivity contribution is 0.620. The molecular formula is C13H12FN5.